The molecule has 1 amide bonds. The molecule has 1 aliphatic heterocycles. The zero-order chi connectivity index (χ0) is 15.4. The van der Waals surface area contributed by atoms with Crippen LogP contribution < -0.4 is 11.1 Å². The SMILES string of the molecule is CCC(N)C(c1ccc(C)cc1)N1CCC(NC(C)=O)C1. The largest absolute Gasteiger partial charge is 0.352 e. The molecule has 3 unspecified atom stereocenters. The maximum absolute atomic E-state index is 11.2. The Morgan fingerprint density at radius 3 is 2.67 bits per heavy atom. The molecule has 1 saturated heterocycles. The standard InChI is InChI=1S/C17H27N3O/c1-4-16(18)17(14-7-5-12(2)6-8-14)20-10-9-15(11-20)19-13(3)21/h5-8,15-17H,4,9-11,18H2,1-3H3,(H,19,21). The lowest BCUT2D eigenvalue weighted by Gasteiger charge is -2.33. The van der Waals surface area contributed by atoms with E-state index in [0.717, 1.165) is 25.9 Å². The number of carbonyl (C=O) groups is 1. The lowest BCUT2D eigenvalue weighted by atomic mass is 9.96. The topological polar surface area (TPSA) is 58.4 Å². The molecule has 1 aromatic rings. The molecule has 1 aliphatic rings. The van der Waals surface area contributed by atoms with E-state index in [-0.39, 0.29) is 24.0 Å². The van der Waals surface area contributed by atoms with Crippen molar-refractivity contribution in [2.45, 2.75) is 51.7 Å². The Morgan fingerprint density at radius 1 is 1.43 bits per heavy atom. The zero-order valence-electron chi connectivity index (χ0n) is 13.3. The van der Waals surface area contributed by atoms with Gasteiger partial charge in [-0.1, -0.05) is 36.8 Å². The summed E-state index contributed by atoms with van der Waals surface area (Å²) >= 11 is 0. The molecule has 4 nitrogen and oxygen atoms in total. The van der Waals surface area contributed by atoms with E-state index in [9.17, 15) is 4.79 Å². The minimum atomic E-state index is 0.0496. The van der Waals surface area contributed by atoms with E-state index in [2.05, 4.69) is 48.3 Å². The van der Waals surface area contributed by atoms with Crippen LogP contribution in [0.2, 0.25) is 0 Å². The summed E-state index contributed by atoms with van der Waals surface area (Å²) in [6, 6.07) is 9.25. The fraction of sp³-hybridized carbons (Fsp3) is 0.588. The first-order valence-electron chi connectivity index (χ1n) is 7.84. The summed E-state index contributed by atoms with van der Waals surface area (Å²) in [5.41, 5.74) is 8.93. The van der Waals surface area contributed by atoms with Crippen molar-refractivity contribution >= 4 is 5.91 Å². The molecule has 4 heteroatoms. The molecular weight excluding hydrogens is 262 g/mol. The van der Waals surface area contributed by atoms with E-state index in [1.165, 1.54) is 11.1 Å². The van der Waals surface area contributed by atoms with Gasteiger partial charge >= 0.3 is 0 Å². The predicted molar refractivity (Wildman–Crippen MR) is 86.0 cm³/mol. The maximum atomic E-state index is 11.2. The molecule has 1 heterocycles. The van der Waals surface area contributed by atoms with E-state index in [4.69, 9.17) is 5.73 Å². The summed E-state index contributed by atoms with van der Waals surface area (Å²) in [5.74, 6) is 0.0496. The third-order valence-electron chi connectivity index (χ3n) is 4.32. The summed E-state index contributed by atoms with van der Waals surface area (Å²) < 4.78 is 0. The van der Waals surface area contributed by atoms with Crippen LogP contribution >= 0.6 is 0 Å². The van der Waals surface area contributed by atoms with Crippen molar-refractivity contribution in [3.05, 3.63) is 35.4 Å². The van der Waals surface area contributed by atoms with Crippen LogP contribution in [0.4, 0.5) is 0 Å². The van der Waals surface area contributed by atoms with Gasteiger partial charge in [0.15, 0.2) is 0 Å². The van der Waals surface area contributed by atoms with Gasteiger partial charge in [0.05, 0.1) is 0 Å². The van der Waals surface area contributed by atoms with Crippen LogP contribution in [0.15, 0.2) is 24.3 Å². The van der Waals surface area contributed by atoms with Gasteiger partial charge in [0.1, 0.15) is 0 Å². The number of aryl methyl sites for hydroxylation is 1. The smallest absolute Gasteiger partial charge is 0.217 e. The maximum Gasteiger partial charge on any atom is 0.217 e. The van der Waals surface area contributed by atoms with Crippen molar-refractivity contribution in [1.82, 2.24) is 10.2 Å². The highest BCUT2D eigenvalue weighted by molar-refractivity contribution is 5.73. The molecule has 0 radical (unpaired) electrons. The van der Waals surface area contributed by atoms with Crippen molar-refractivity contribution < 1.29 is 4.79 Å². The number of nitrogens with one attached hydrogen (secondary N) is 1. The van der Waals surface area contributed by atoms with Gasteiger partial charge in [0.25, 0.3) is 0 Å². The van der Waals surface area contributed by atoms with Gasteiger partial charge in [0, 0.05) is 38.1 Å². The molecule has 116 valence electrons. The normalized spacial score (nSPS) is 22.0. The van der Waals surface area contributed by atoms with Crippen LogP contribution in [-0.4, -0.2) is 36.0 Å². The van der Waals surface area contributed by atoms with Crippen molar-refractivity contribution in [2.75, 3.05) is 13.1 Å². The first-order valence-corrected chi connectivity index (χ1v) is 7.84. The summed E-state index contributed by atoms with van der Waals surface area (Å²) in [6.07, 6.45) is 1.94. The van der Waals surface area contributed by atoms with Crippen LogP contribution in [0.25, 0.3) is 0 Å². The Labute approximate surface area is 127 Å². The Morgan fingerprint density at radius 2 is 2.10 bits per heavy atom. The van der Waals surface area contributed by atoms with Gasteiger partial charge in [-0.25, -0.2) is 0 Å². The minimum Gasteiger partial charge on any atom is -0.352 e. The molecule has 21 heavy (non-hydrogen) atoms. The molecule has 0 aromatic heterocycles. The highest BCUT2D eigenvalue weighted by Crippen LogP contribution is 2.29. The number of nitrogens with two attached hydrogens (primary N) is 1. The number of benzene rings is 1. The van der Waals surface area contributed by atoms with Crippen LogP contribution in [0.3, 0.4) is 0 Å². The van der Waals surface area contributed by atoms with E-state index in [0.29, 0.717) is 0 Å². The molecular formula is C17H27N3O. The first-order chi connectivity index (χ1) is 10.0. The molecule has 1 fully saturated rings. The number of nitrogens with zero attached hydrogens (tertiary/aromatic N) is 1. The molecule has 0 saturated carbocycles. The van der Waals surface area contributed by atoms with Gasteiger partial charge in [-0.2, -0.15) is 0 Å². The Hall–Kier alpha value is -1.39. The Bertz CT molecular complexity index is 471. The highest BCUT2D eigenvalue weighted by Gasteiger charge is 2.32. The number of hydrogen-bond donors (Lipinski definition) is 2. The average Bonchev–Trinajstić information content (AvgIpc) is 2.88. The first kappa shape index (κ1) is 16.0. The lowest BCUT2D eigenvalue weighted by molar-refractivity contribution is -0.119. The molecule has 3 N–H and O–H groups in total. The molecule has 0 spiro atoms. The minimum absolute atomic E-state index is 0.0496. The number of rotatable bonds is 5. The summed E-state index contributed by atoms with van der Waals surface area (Å²) in [6.45, 7) is 7.68. The van der Waals surface area contributed by atoms with Crippen LogP contribution in [-0.2, 0) is 4.79 Å². The van der Waals surface area contributed by atoms with Crippen molar-refractivity contribution in [3.63, 3.8) is 0 Å². The summed E-state index contributed by atoms with van der Waals surface area (Å²) in [5, 5.41) is 3.02. The van der Waals surface area contributed by atoms with Crippen molar-refractivity contribution in [1.29, 1.82) is 0 Å². The van der Waals surface area contributed by atoms with E-state index >= 15 is 0 Å². The Kier molecular flexibility index (Phi) is 5.37. The number of carbonyl (C=O) groups excluding carboxylic acids is 1. The molecule has 2 rings (SSSR count). The average molecular weight is 289 g/mol. The third-order valence-corrected chi connectivity index (χ3v) is 4.32. The molecule has 1 aromatic carbocycles. The van der Waals surface area contributed by atoms with Crippen molar-refractivity contribution in [2.24, 2.45) is 5.73 Å². The monoisotopic (exact) mass is 289 g/mol. The Balaban J connectivity index is 2.14. The summed E-state index contributed by atoms with van der Waals surface area (Å²) in [7, 11) is 0. The second-order valence-electron chi connectivity index (χ2n) is 6.11. The van der Waals surface area contributed by atoms with Gasteiger partial charge < -0.3 is 11.1 Å². The van der Waals surface area contributed by atoms with Gasteiger partial charge in [-0.3, -0.25) is 9.69 Å². The van der Waals surface area contributed by atoms with Crippen LogP contribution in [0.5, 0.6) is 0 Å². The second-order valence-corrected chi connectivity index (χ2v) is 6.11. The number of hydrogen-bond acceptors (Lipinski definition) is 3. The predicted octanol–water partition coefficient (Wildman–Crippen LogP) is 1.98. The van der Waals surface area contributed by atoms with Crippen LogP contribution in [0.1, 0.15) is 43.9 Å². The lowest BCUT2D eigenvalue weighted by Crippen LogP contribution is -2.42. The molecule has 0 aliphatic carbocycles. The summed E-state index contributed by atoms with van der Waals surface area (Å²) in [4.78, 5) is 13.6. The third kappa shape index (κ3) is 4.05. The highest BCUT2D eigenvalue weighted by atomic mass is 16.1. The number of likely N-dealkylation sites (tertiary alicyclic amines) is 1. The zero-order valence-corrected chi connectivity index (χ0v) is 13.3. The second kappa shape index (κ2) is 7.05. The molecule has 3 atom stereocenters. The van der Waals surface area contributed by atoms with E-state index in [1.54, 1.807) is 6.92 Å². The van der Waals surface area contributed by atoms with Crippen molar-refractivity contribution in [3.8, 4) is 0 Å². The van der Waals surface area contributed by atoms with Gasteiger partial charge in [0.2, 0.25) is 5.91 Å². The number of amides is 1. The fourth-order valence-electron chi connectivity index (χ4n) is 3.16. The van der Waals surface area contributed by atoms with E-state index in [1.807, 2.05) is 0 Å². The van der Waals surface area contributed by atoms with Gasteiger partial charge in [-0.05, 0) is 25.3 Å². The van der Waals surface area contributed by atoms with Gasteiger partial charge in [-0.15, -0.1) is 0 Å². The van der Waals surface area contributed by atoms with E-state index < -0.39 is 0 Å². The fourth-order valence-corrected chi connectivity index (χ4v) is 3.16. The van der Waals surface area contributed by atoms with Crippen LogP contribution in [0, 0.1) is 6.92 Å². The molecule has 0 bridgehead atoms. The quantitative estimate of drug-likeness (QED) is 0.871.